The summed E-state index contributed by atoms with van der Waals surface area (Å²) in [6.07, 6.45) is -0.232. The van der Waals surface area contributed by atoms with Crippen LogP contribution >= 0.6 is 15.9 Å². The van der Waals surface area contributed by atoms with E-state index in [0.717, 1.165) is 18.2 Å². The van der Waals surface area contributed by atoms with Crippen molar-refractivity contribution < 1.29 is 13.6 Å². The number of carbonyl (C=O) groups is 1. The van der Waals surface area contributed by atoms with Gasteiger partial charge in [-0.1, -0.05) is 15.9 Å². The summed E-state index contributed by atoms with van der Waals surface area (Å²) in [6, 6.07) is 7.88. The van der Waals surface area contributed by atoms with Crippen molar-refractivity contribution in [2.75, 3.05) is 5.73 Å². The second kappa shape index (κ2) is 5.48. The molecule has 2 N–H and O–H groups in total. The van der Waals surface area contributed by atoms with Gasteiger partial charge >= 0.3 is 0 Å². The number of anilines is 1. The zero-order chi connectivity index (χ0) is 14.0. The Hall–Kier alpha value is -1.75. The van der Waals surface area contributed by atoms with Gasteiger partial charge in [-0.2, -0.15) is 0 Å². The fourth-order valence-corrected chi connectivity index (χ4v) is 2.08. The predicted octanol–water partition coefficient (Wildman–Crippen LogP) is 3.73. The maximum Gasteiger partial charge on any atom is 0.169 e. The van der Waals surface area contributed by atoms with E-state index >= 15 is 0 Å². The minimum Gasteiger partial charge on any atom is -0.398 e. The number of nitrogens with two attached hydrogens (primary N) is 1. The maximum absolute atomic E-state index is 13.5. The molecule has 0 amide bonds. The van der Waals surface area contributed by atoms with Crippen molar-refractivity contribution in [3.8, 4) is 0 Å². The average molecular weight is 326 g/mol. The van der Waals surface area contributed by atoms with E-state index in [-0.39, 0.29) is 23.3 Å². The smallest absolute Gasteiger partial charge is 0.169 e. The van der Waals surface area contributed by atoms with Crippen LogP contribution in [0.1, 0.15) is 15.9 Å². The zero-order valence-electron chi connectivity index (χ0n) is 9.79. The number of carbonyl (C=O) groups excluding carboxylic acids is 1. The fraction of sp³-hybridized carbons (Fsp3) is 0.0714. The first-order valence-electron chi connectivity index (χ1n) is 5.49. The van der Waals surface area contributed by atoms with Crippen molar-refractivity contribution in [3.05, 3.63) is 63.6 Å². The molecule has 0 radical (unpaired) electrons. The highest BCUT2D eigenvalue weighted by molar-refractivity contribution is 9.10. The van der Waals surface area contributed by atoms with Crippen LogP contribution in [-0.4, -0.2) is 5.78 Å². The molecule has 98 valence electrons. The third kappa shape index (κ3) is 3.17. The second-order valence-corrected chi connectivity index (χ2v) is 4.98. The molecule has 0 aliphatic rings. The number of hydrogen-bond donors (Lipinski definition) is 1. The highest BCUT2D eigenvalue weighted by Gasteiger charge is 2.14. The summed E-state index contributed by atoms with van der Waals surface area (Å²) in [5.74, 6) is -1.54. The molecule has 0 heterocycles. The van der Waals surface area contributed by atoms with E-state index in [0.29, 0.717) is 10.2 Å². The molecule has 0 atom stereocenters. The summed E-state index contributed by atoms with van der Waals surface area (Å²) < 4.78 is 27.2. The molecule has 0 saturated heterocycles. The van der Waals surface area contributed by atoms with Crippen molar-refractivity contribution >= 4 is 27.4 Å². The normalized spacial score (nSPS) is 10.5. The SMILES string of the molecule is Nc1ccc(Br)cc1C(=O)Cc1cc(F)ccc1F. The Morgan fingerprint density at radius 2 is 1.89 bits per heavy atom. The van der Waals surface area contributed by atoms with E-state index in [1.807, 2.05) is 0 Å². The van der Waals surface area contributed by atoms with Crippen LogP contribution in [0.25, 0.3) is 0 Å². The fourth-order valence-electron chi connectivity index (χ4n) is 1.72. The van der Waals surface area contributed by atoms with Crippen LogP contribution in [0.3, 0.4) is 0 Å². The number of nitrogen functional groups attached to an aromatic ring is 1. The zero-order valence-corrected chi connectivity index (χ0v) is 11.4. The van der Waals surface area contributed by atoms with Crippen molar-refractivity contribution in [3.63, 3.8) is 0 Å². The molecule has 0 aliphatic heterocycles. The minimum absolute atomic E-state index is 0.0179. The molecule has 0 spiro atoms. The number of rotatable bonds is 3. The van der Waals surface area contributed by atoms with Crippen LogP contribution in [-0.2, 0) is 6.42 Å². The lowest BCUT2D eigenvalue weighted by Crippen LogP contribution is -2.08. The lowest BCUT2D eigenvalue weighted by Gasteiger charge is -2.06. The summed E-state index contributed by atoms with van der Waals surface area (Å²) in [6.45, 7) is 0. The minimum atomic E-state index is -0.608. The molecular weight excluding hydrogens is 316 g/mol. The van der Waals surface area contributed by atoms with Gasteiger partial charge < -0.3 is 5.73 Å². The van der Waals surface area contributed by atoms with Gasteiger partial charge in [0.25, 0.3) is 0 Å². The Kier molecular flexibility index (Phi) is 3.95. The van der Waals surface area contributed by atoms with Crippen LogP contribution in [0.2, 0.25) is 0 Å². The highest BCUT2D eigenvalue weighted by atomic mass is 79.9. The number of halogens is 3. The highest BCUT2D eigenvalue weighted by Crippen LogP contribution is 2.21. The molecule has 2 aromatic carbocycles. The van der Waals surface area contributed by atoms with Gasteiger partial charge in [0.05, 0.1) is 0 Å². The summed E-state index contributed by atoms with van der Waals surface area (Å²) in [5.41, 5.74) is 6.32. The second-order valence-electron chi connectivity index (χ2n) is 4.07. The van der Waals surface area contributed by atoms with E-state index in [1.165, 1.54) is 0 Å². The average Bonchev–Trinajstić information content (AvgIpc) is 2.36. The lowest BCUT2D eigenvalue weighted by molar-refractivity contribution is 0.0992. The van der Waals surface area contributed by atoms with Crippen LogP contribution < -0.4 is 5.73 Å². The van der Waals surface area contributed by atoms with E-state index < -0.39 is 11.6 Å². The first-order valence-corrected chi connectivity index (χ1v) is 6.29. The largest absolute Gasteiger partial charge is 0.398 e. The van der Waals surface area contributed by atoms with Crippen molar-refractivity contribution in [2.24, 2.45) is 0 Å². The molecule has 0 bridgehead atoms. The molecule has 0 saturated carbocycles. The Morgan fingerprint density at radius 1 is 1.16 bits per heavy atom. The summed E-state index contributed by atoms with van der Waals surface area (Å²) in [5, 5.41) is 0. The Labute approximate surface area is 117 Å². The Morgan fingerprint density at radius 3 is 2.63 bits per heavy atom. The van der Waals surface area contributed by atoms with Crippen LogP contribution in [0.15, 0.2) is 40.9 Å². The third-order valence-corrected chi connectivity index (χ3v) is 3.17. The van der Waals surface area contributed by atoms with Gasteiger partial charge in [-0.25, -0.2) is 8.78 Å². The summed E-state index contributed by atoms with van der Waals surface area (Å²) in [7, 11) is 0. The van der Waals surface area contributed by atoms with E-state index in [9.17, 15) is 13.6 Å². The number of benzene rings is 2. The van der Waals surface area contributed by atoms with Crippen LogP contribution in [0, 0.1) is 11.6 Å². The maximum atomic E-state index is 13.5. The number of Topliss-reactive ketones (excluding diaryl/α,β-unsaturated/α-hetero) is 1. The molecule has 0 unspecified atom stereocenters. The monoisotopic (exact) mass is 325 g/mol. The van der Waals surface area contributed by atoms with E-state index in [4.69, 9.17) is 5.73 Å². The predicted molar refractivity (Wildman–Crippen MR) is 72.9 cm³/mol. The van der Waals surface area contributed by atoms with Crippen LogP contribution in [0.4, 0.5) is 14.5 Å². The first kappa shape index (κ1) is 13.7. The molecule has 0 aliphatic carbocycles. The van der Waals surface area contributed by atoms with Crippen LogP contribution in [0.5, 0.6) is 0 Å². The van der Waals surface area contributed by atoms with Gasteiger partial charge in [0.1, 0.15) is 11.6 Å². The van der Waals surface area contributed by atoms with Gasteiger partial charge in [-0.3, -0.25) is 4.79 Å². The first-order chi connectivity index (χ1) is 8.97. The third-order valence-electron chi connectivity index (χ3n) is 2.67. The molecule has 0 fully saturated rings. The molecule has 19 heavy (non-hydrogen) atoms. The van der Waals surface area contributed by atoms with Gasteiger partial charge in [-0.05, 0) is 42.0 Å². The molecule has 2 nitrogen and oxygen atoms in total. The molecule has 0 aromatic heterocycles. The Balaban J connectivity index is 2.30. The molecule has 2 rings (SSSR count). The topological polar surface area (TPSA) is 43.1 Å². The van der Waals surface area contributed by atoms with Crippen molar-refractivity contribution in [1.29, 1.82) is 0 Å². The van der Waals surface area contributed by atoms with Crippen molar-refractivity contribution in [1.82, 2.24) is 0 Å². The molecule has 5 heteroatoms. The lowest BCUT2D eigenvalue weighted by atomic mass is 10.0. The van der Waals surface area contributed by atoms with Gasteiger partial charge in [-0.15, -0.1) is 0 Å². The number of ketones is 1. The number of hydrogen-bond acceptors (Lipinski definition) is 2. The van der Waals surface area contributed by atoms with Gasteiger partial charge in [0.15, 0.2) is 5.78 Å². The van der Waals surface area contributed by atoms with Gasteiger partial charge in [0, 0.05) is 22.1 Å². The summed E-state index contributed by atoms with van der Waals surface area (Å²) in [4.78, 5) is 12.1. The Bertz CT molecular complexity index is 643. The molecular formula is C14H10BrF2NO. The van der Waals surface area contributed by atoms with Gasteiger partial charge in [0.2, 0.25) is 0 Å². The molecule has 2 aromatic rings. The standard InChI is InChI=1S/C14H10BrF2NO/c15-9-1-4-13(18)11(7-9)14(19)6-8-5-10(16)2-3-12(8)17/h1-5,7H,6,18H2. The quantitative estimate of drug-likeness (QED) is 0.690. The summed E-state index contributed by atoms with van der Waals surface area (Å²) >= 11 is 3.23. The van der Waals surface area contributed by atoms with Crippen molar-refractivity contribution in [2.45, 2.75) is 6.42 Å². The van der Waals surface area contributed by atoms with E-state index in [2.05, 4.69) is 15.9 Å². The van der Waals surface area contributed by atoms with E-state index in [1.54, 1.807) is 18.2 Å².